The average molecular weight is 226 g/mol. The minimum Gasteiger partial charge on any atom is -0.375 e. The number of hydrogen-bond acceptors (Lipinski definition) is 3. The molecule has 0 aromatic heterocycles. The lowest BCUT2D eigenvalue weighted by atomic mass is 9.89. The first-order valence-corrected chi connectivity index (χ1v) is 6.79. The summed E-state index contributed by atoms with van der Waals surface area (Å²) in [7, 11) is 0. The lowest BCUT2D eigenvalue weighted by Gasteiger charge is -2.45. The second-order valence-electron chi connectivity index (χ2n) is 5.66. The summed E-state index contributed by atoms with van der Waals surface area (Å²) in [5.41, 5.74) is 6.19. The molecule has 0 bridgehead atoms. The van der Waals surface area contributed by atoms with E-state index in [1.807, 2.05) is 0 Å². The molecule has 1 heterocycles. The Balaban J connectivity index is 1.92. The first kappa shape index (κ1) is 12.3. The average Bonchev–Trinajstić information content (AvgIpc) is 2.29. The third-order valence-electron chi connectivity index (χ3n) is 4.15. The zero-order chi connectivity index (χ0) is 11.5. The van der Waals surface area contributed by atoms with E-state index in [4.69, 9.17) is 10.5 Å². The third kappa shape index (κ3) is 2.76. The molecule has 3 atom stereocenters. The molecule has 0 amide bonds. The fourth-order valence-electron chi connectivity index (χ4n) is 2.88. The van der Waals surface area contributed by atoms with Crippen molar-refractivity contribution in [2.45, 2.75) is 57.7 Å². The molecule has 1 saturated carbocycles. The minimum absolute atomic E-state index is 0.306. The summed E-state index contributed by atoms with van der Waals surface area (Å²) < 4.78 is 5.87. The molecule has 1 saturated heterocycles. The normalized spacial score (nSPS) is 33.8. The van der Waals surface area contributed by atoms with Crippen molar-refractivity contribution < 1.29 is 4.74 Å². The van der Waals surface area contributed by atoms with Crippen LogP contribution in [0.15, 0.2) is 0 Å². The maximum atomic E-state index is 6.19. The van der Waals surface area contributed by atoms with E-state index in [0.717, 1.165) is 19.7 Å². The molecule has 3 unspecified atom stereocenters. The van der Waals surface area contributed by atoms with Crippen molar-refractivity contribution in [2.75, 3.05) is 19.7 Å². The van der Waals surface area contributed by atoms with Gasteiger partial charge in [-0.2, -0.15) is 0 Å². The van der Waals surface area contributed by atoms with E-state index < -0.39 is 0 Å². The molecule has 1 aliphatic carbocycles. The van der Waals surface area contributed by atoms with Crippen molar-refractivity contribution in [1.29, 1.82) is 0 Å². The molecule has 2 rings (SSSR count). The lowest BCUT2D eigenvalue weighted by Crippen LogP contribution is -2.56. The van der Waals surface area contributed by atoms with Crippen LogP contribution in [0.3, 0.4) is 0 Å². The van der Waals surface area contributed by atoms with Crippen LogP contribution in [0.5, 0.6) is 0 Å². The maximum Gasteiger partial charge on any atom is 0.0730 e. The van der Waals surface area contributed by atoms with Crippen LogP contribution in [-0.2, 0) is 4.74 Å². The number of nitrogens with two attached hydrogens (primary N) is 1. The molecule has 2 N–H and O–H groups in total. The van der Waals surface area contributed by atoms with Gasteiger partial charge in [-0.05, 0) is 18.8 Å². The Kier molecular flexibility index (Phi) is 4.22. The minimum atomic E-state index is 0.306. The third-order valence-corrected chi connectivity index (χ3v) is 4.15. The number of nitrogens with zero attached hydrogens (tertiary/aromatic N) is 1. The molecule has 3 heteroatoms. The van der Waals surface area contributed by atoms with Gasteiger partial charge in [-0.3, -0.25) is 4.90 Å². The number of ether oxygens (including phenoxy) is 1. The summed E-state index contributed by atoms with van der Waals surface area (Å²) in [5, 5.41) is 0. The van der Waals surface area contributed by atoms with Crippen molar-refractivity contribution >= 4 is 0 Å². The van der Waals surface area contributed by atoms with Gasteiger partial charge in [0, 0.05) is 25.2 Å². The predicted octanol–water partition coefficient (Wildman–Crippen LogP) is 1.61. The summed E-state index contributed by atoms with van der Waals surface area (Å²) in [6, 6.07) is 0.952. The van der Waals surface area contributed by atoms with Crippen LogP contribution in [0, 0.1) is 5.92 Å². The SMILES string of the molecule is CC(C)C(N)CN1CCOC2CCCCC21. The van der Waals surface area contributed by atoms with Gasteiger partial charge in [0.2, 0.25) is 0 Å². The highest BCUT2D eigenvalue weighted by molar-refractivity contribution is 4.89. The van der Waals surface area contributed by atoms with Gasteiger partial charge in [0.1, 0.15) is 0 Å². The predicted molar refractivity (Wildman–Crippen MR) is 66.4 cm³/mol. The van der Waals surface area contributed by atoms with Crippen LogP contribution < -0.4 is 5.73 Å². The molecule has 0 radical (unpaired) electrons. The van der Waals surface area contributed by atoms with Crippen LogP contribution in [0.1, 0.15) is 39.5 Å². The van der Waals surface area contributed by atoms with E-state index in [-0.39, 0.29) is 0 Å². The van der Waals surface area contributed by atoms with Gasteiger partial charge in [0.25, 0.3) is 0 Å². The quantitative estimate of drug-likeness (QED) is 0.794. The first-order valence-electron chi connectivity index (χ1n) is 6.79. The molecule has 2 aliphatic rings. The number of rotatable bonds is 3. The van der Waals surface area contributed by atoms with Crippen LogP contribution in [0.2, 0.25) is 0 Å². The summed E-state index contributed by atoms with van der Waals surface area (Å²) in [5.74, 6) is 0.574. The molecule has 0 aromatic rings. The standard InChI is InChI=1S/C13H26N2O/c1-10(2)11(14)9-15-7-8-16-13-6-4-3-5-12(13)15/h10-13H,3-9,14H2,1-2H3. The Morgan fingerprint density at radius 1 is 1.31 bits per heavy atom. The van der Waals surface area contributed by atoms with Crippen LogP contribution >= 0.6 is 0 Å². The van der Waals surface area contributed by atoms with E-state index in [1.54, 1.807) is 0 Å². The molecule has 0 spiro atoms. The Morgan fingerprint density at radius 2 is 2.06 bits per heavy atom. The van der Waals surface area contributed by atoms with E-state index in [9.17, 15) is 0 Å². The van der Waals surface area contributed by atoms with Crippen molar-refractivity contribution in [3.05, 3.63) is 0 Å². The Hall–Kier alpha value is -0.120. The molecule has 1 aliphatic heterocycles. The molecule has 0 aromatic carbocycles. The molecule has 2 fully saturated rings. The number of morpholine rings is 1. The van der Waals surface area contributed by atoms with E-state index in [1.165, 1.54) is 25.7 Å². The highest BCUT2D eigenvalue weighted by atomic mass is 16.5. The Labute approximate surface area is 99.3 Å². The van der Waals surface area contributed by atoms with Gasteiger partial charge < -0.3 is 10.5 Å². The maximum absolute atomic E-state index is 6.19. The van der Waals surface area contributed by atoms with E-state index >= 15 is 0 Å². The summed E-state index contributed by atoms with van der Waals surface area (Å²) >= 11 is 0. The van der Waals surface area contributed by atoms with Crippen molar-refractivity contribution in [3.63, 3.8) is 0 Å². The van der Waals surface area contributed by atoms with Crippen LogP contribution in [-0.4, -0.2) is 42.8 Å². The van der Waals surface area contributed by atoms with Crippen molar-refractivity contribution in [3.8, 4) is 0 Å². The highest BCUT2D eigenvalue weighted by Gasteiger charge is 2.34. The van der Waals surface area contributed by atoms with Crippen molar-refractivity contribution in [1.82, 2.24) is 4.90 Å². The Bertz CT molecular complexity index is 218. The van der Waals surface area contributed by atoms with E-state index in [2.05, 4.69) is 18.7 Å². The van der Waals surface area contributed by atoms with Gasteiger partial charge in [0.15, 0.2) is 0 Å². The molecule has 3 nitrogen and oxygen atoms in total. The lowest BCUT2D eigenvalue weighted by molar-refractivity contribution is -0.0902. The smallest absolute Gasteiger partial charge is 0.0730 e. The number of fused-ring (bicyclic) bond motifs is 1. The van der Waals surface area contributed by atoms with Gasteiger partial charge >= 0.3 is 0 Å². The topological polar surface area (TPSA) is 38.5 Å². The molecular formula is C13H26N2O. The van der Waals surface area contributed by atoms with Gasteiger partial charge in [-0.15, -0.1) is 0 Å². The van der Waals surface area contributed by atoms with Gasteiger partial charge in [0.05, 0.1) is 12.7 Å². The second-order valence-corrected chi connectivity index (χ2v) is 5.66. The monoisotopic (exact) mass is 226 g/mol. The number of hydrogen-bond donors (Lipinski definition) is 1. The van der Waals surface area contributed by atoms with Crippen LogP contribution in [0.25, 0.3) is 0 Å². The second kappa shape index (κ2) is 5.48. The Morgan fingerprint density at radius 3 is 2.81 bits per heavy atom. The first-order chi connectivity index (χ1) is 7.68. The fraction of sp³-hybridized carbons (Fsp3) is 1.00. The summed E-state index contributed by atoms with van der Waals surface area (Å²) in [6.07, 6.45) is 5.73. The fourth-order valence-corrected chi connectivity index (χ4v) is 2.88. The summed E-state index contributed by atoms with van der Waals surface area (Å²) in [4.78, 5) is 2.58. The van der Waals surface area contributed by atoms with Crippen molar-refractivity contribution in [2.24, 2.45) is 11.7 Å². The van der Waals surface area contributed by atoms with E-state index in [0.29, 0.717) is 24.1 Å². The zero-order valence-corrected chi connectivity index (χ0v) is 10.7. The largest absolute Gasteiger partial charge is 0.375 e. The highest BCUT2D eigenvalue weighted by Crippen LogP contribution is 2.28. The zero-order valence-electron chi connectivity index (χ0n) is 10.7. The molecule has 94 valence electrons. The summed E-state index contributed by atoms with van der Waals surface area (Å²) in [6.45, 7) is 7.43. The van der Waals surface area contributed by atoms with Crippen LogP contribution in [0.4, 0.5) is 0 Å². The molecular weight excluding hydrogens is 200 g/mol. The van der Waals surface area contributed by atoms with Gasteiger partial charge in [-0.25, -0.2) is 0 Å². The van der Waals surface area contributed by atoms with Gasteiger partial charge in [-0.1, -0.05) is 26.7 Å². The molecule has 16 heavy (non-hydrogen) atoms.